The van der Waals surface area contributed by atoms with Crippen LogP contribution in [0.3, 0.4) is 0 Å². The fraction of sp³-hybridized carbons (Fsp3) is 0.500. The summed E-state index contributed by atoms with van der Waals surface area (Å²) in [5.74, 6) is -0.698. The summed E-state index contributed by atoms with van der Waals surface area (Å²) < 4.78 is 25.7. The van der Waals surface area contributed by atoms with Crippen LogP contribution in [0.4, 0.5) is 0 Å². The number of benzene rings is 1. The van der Waals surface area contributed by atoms with Crippen LogP contribution in [0.2, 0.25) is 0 Å². The summed E-state index contributed by atoms with van der Waals surface area (Å²) >= 11 is 0. The van der Waals surface area contributed by atoms with Crippen LogP contribution in [-0.4, -0.2) is 45.2 Å². The van der Waals surface area contributed by atoms with Gasteiger partial charge in [0.1, 0.15) is 0 Å². The lowest BCUT2D eigenvalue weighted by atomic mass is 10.1. The fourth-order valence-electron chi connectivity index (χ4n) is 1.88. The summed E-state index contributed by atoms with van der Waals surface area (Å²) in [6.07, 6.45) is 0.698. The lowest BCUT2D eigenvalue weighted by molar-refractivity contribution is -0.128. The van der Waals surface area contributed by atoms with Crippen LogP contribution in [-0.2, 0) is 26.2 Å². The van der Waals surface area contributed by atoms with Crippen molar-refractivity contribution in [3.63, 3.8) is 0 Å². The van der Waals surface area contributed by atoms with Crippen LogP contribution < -0.4 is 10.6 Å². The Balaban J connectivity index is 2.69. The van der Waals surface area contributed by atoms with Gasteiger partial charge in [-0.1, -0.05) is 32.0 Å². The molecule has 0 saturated heterocycles. The third kappa shape index (κ3) is 5.31. The summed E-state index contributed by atoms with van der Waals surface area (Å²) in [7, 11) is -0.677. The van der Waals surface area contributed by atoms with Gasteiger partial charge in [0.05, 0.1) is 11.4 Å². The van der Waals surface area contributed by atoms with Gasteiger partial charge in [-0.3, -0.25) is 9.59 Å². The van der Waals surface area contributed by atoms with E-state index in [1.807, 2.05) is 6.92 Å². The number of hydrogen-bond donors (Lipinski definition) is 2. The molecule has 0 radical (unpaired) electrons. The van der Waals surface area contributed by atoms with E-state index in [-0.39, 0.29) is 35.7 Å². The van der Waals surface area contributed by atoms with E-state index in [4.69, 9.17) is 0 Å². The standard InChI is InChI=1S/C16H25N3O4S/c1-5-12(2)16(21)18-11-15(20)17-10-13-8-6-7-9-14(13)24(22,23)19(3)4/h6-9,12H,5,10-11H2,1-4H3,(H,17,20)(H,18,21). The van der Waals surface area contributed by atoms with Gasteiger partial charge in [-0.15, -0.1) is 0 Å². The van der Waals surface area contributed by atoms with Gasteiger partial charge < -0.3 is 10.6 Å². The number of sulfonamides is 1. The molecule has 0 heterocycles. The second kappa shape index (κ2) is 8.79. The van der Waals surface area contributed by atoms with Crippen molar-refractivity contribution in [1.29, 1.82) is 0 Å². The minimum atomic E-state index is -3.58. The highest BCUT2D eigenvalue weighted by atomic mass is 32.2. The predicted octanol–water partition coefficient (Wildman–Crippen LogP) is 0.715. The zero-order valence-corrected chi connectivity index (χ0v) is 15.3. The van der Waals surface area contributed by atoms with Crippen molar-refractivity contribution in [2.45, 2.75) is 31.7 Å². The van der Waals surface area contributed by atoms with Crippen LogP contribution in [0.15, 0.2) is 29.2 Å². The first-order valence-corrected chi connectivity index (χ1v) is 9.19. The summed E-state index contributed by atoms with van der Waals surface area (Å²) in [5.41, 5.74) is 0.493. The maximum atomic E-state index is 12.3. The Morgan fingerprint density at radius 3 is 2.38 bits per heavy atom. The van der Waals surface area contributed by atoms with E-state index in [0.717, 1.165) is 4.31 Å². The highest BCUT2D eigenvalue weighted by Gasteiger charge is 2.20. The van der Waals surface area contributed by atoms with E-state index >= 15 is 0 Å². The van der Waals surface area contributed by atoms with E-state index in [1.165, 1.54) is 20.2 Å². The number of carbonyl (C=O) groups excluding carboxylic acids is 2. The average Bonchev–Trinajstić information content (AvgIpc) is 2.56. The molecule has 1 aromatic rings. The monoisotopic (exact) mass is 355 g/mol. The number of amides is 2. The van der Waals surface area contributed by atoms with Crippen molar-refractivity contribution in [3.05, 3.63) is 29.8 Å². The van der Waals surface area contributed by atoms with Crippen LogP contribution in [0, 0.1) is 5.92 Å². The number of rotatable bonds is 8. The Kier molecular flexibility index (Phi) is 7.37. The first-order valence-electron chi connectivity index (χ1n) is 7.75. The van der Waals surface area contributed by atoms with Crippen molar-refractivity contribution in [1.82, 2.24) is 14.9 Å². The van der Waals surface area contributed by atoms with E-state index in [0.29, 0.717) is 12.0 Å². The third-order valence-electron chi connectivity index (χ3n) is 3.69. The third-order valence-corrected chi connectivity index (χ3v) is 5.61. The van der Waals surface area contributed by atoms with Crippen molar-refractivity contribution < 1.29 is 18.0 Å². The SMILES string of the molecule is CCC(C)C(=O)NCC(=O)NCc1ccccc1S(=O)(=O)N(C)C. The number of carbonyl (C=O) groups is 2. The molecule has 134 valence electrons. The van der Waals surface area contributed by atoms with Crippen molar-refractivity contribution in [2.24, 2.45) is 5.92 Å². The summed E-state index contributed by atoms with van der Waals surface area (Å²) in [6, 6.07) is 6.49. The maximum absolute atomic E-state index is 12.3. The Hall–Kier alpha value is -1.93. The van der Waals surface area contributed by atoms with Gasteiger partial charge in [0.15, 0.2) is 0 Å². The van der Waals surface area contributed by atoms with Gasteiger partial charge in [0, 0.05) is 26.6 Å². The Bertz CT molecular complexity index is 686. The molecule has 1 aromatic carbocycles. The largest absolute Gasteiger partial charge is 0.350 e. The zero-order chi connectivity index (χ0) is 18.3. The van der Waals surface area contributed by atoms with Gasteiger partial charge in [0.2, 0.25) is 21.8 Å². The number of nitrogens with one attached hydrogen (secondary N) is 2. The molecule has 0 aliphatic carbocycles. The highest BCUT2D eigenvalue weighted by molar-refractivity contribution is 7.89. The highest BCUT2D eigenvalue weighted by Crippen LogP contribution is 2.18. The van der Waals surface area contributed by atoms with Gasteiger partial charge in [-0.2, -0.15) is 0 Å². The van der Waals surface area contributed by atoms with Crippen LogP contribution in [0.1, 0.15) is 25.8 Å². The second-order valence-corrected chi connectivity index (χ2v) is 7.82. The smallest absolute Gasteiger partial charge is 0.242 e. The molecule has 0 aromatic heterocycles. The maximum Gasteiger partial charge on any atom is 0.242 e. The topological polar surface area (TPSA) is 95.6 Å². The summed E-state index contributed by atoms with van der Waals surface area (Å²) in [5, 5.41) is 5.18. The molecular formula is C16H25N3O4S. The Morgan fingerprint density at radius 2 is 1.79 bits per heavy atom. The van der Waals surface area contributed by atoms with E-state index in [9.17, 15) is 18.0 Å². The van der Waals surface area contributed by atoms with Gasteiger partial charge in [0.25, 0.3) is 0 Å². The lowest BCUT2D eigenvalue weighted by Crippen LogP contribution is -2.39. The number of nitrogens with zero attached hydrogens (tertiary/aromatic N) is 1. The second-order valence-electron chi connectivity index (χ2n) is 5.70. The van der Waals surface area contributed by atoms with Crippen molar-refractivity contribution >= 4 is 21.8 Å². The molecule has 1 rings (SSSR count). The summed E-state index contributed by atoms with van der Waals surface area (Å²) in [6.45, 7) is 3.62. The first-order chi connectivity index (χ1) is 11.2. The summed E-state index contributed by atoms with van der Waals surface area (Å²) in [4.78, 5) is 23.6. The average molecular weight is 355 g/mol. The molecule has 0 aliphatic heterocycles. The Morgan fingerprint density at radius 1 is 1.17 bits per heavy atom. The minimum absolute atomic E-state index is 0.0707. The van der Waals surface area contributed by atoms with E-state index in [2.05, 4.69) is 10.6 Å². The molecule has 0 fully saturated rings. The van der Waals surface area contributed by atoms with Gasteiger partial charge in [-0.25, -0.2) is 12.7 Å². The fourth-order valence-corrected chi connectivity index (χ4v) is 3.00. The minimum Gasteiger partial charge on any atom is -0.350 e. The molecule has 0 spiro atoms. The molecule has 2 amide bonds. The van der Waals surface area contributed by atoms with Gasteiger partial charge >= 0.3 is 0 Å². The molecule has 7 nitrogen and oxygen atoms in total. The molecule has 0 aliphatic rings. The van der Waals surface area contributed by atoms with Crippen molar-refractivity contribution in [3.8, 4) is 0 Å². The molecule has 2 N–H and O–H groups in total. The molecule has 24 heavy (non-hydrogen) atoms. The Labute approximate surface area is 143 Å². The van der Waals surface area contributed by atoms with Gasteiger partial charge in [-0.05, 0) is 18.1 Å². The quantitative estimate of drug-likeness (QED) is 0.718. The van der Waals surface area contributed by atoms with Crippen molar-refractivity contribution in [2.75, 3.05) is 20.6 Å². The number of hydrogen-bond acceptors (Lipinski definition) is 4. The van der Waals surface area contributed by atoms with E-state index < -0.39 is 10.0 Å². The van der Waals surface area contributed by atoms with Crippen LogP contribution in [0.25, 0.3) is 0 Å². The molecule has 8 heteroatoms. The predicted molar refractivity (Wildman–Crippen MR) is 91.6 cm³/mol. The molecule has 1 unspecified atom stereocenters. The molecule has 0 bridgehead atoms. The van der Waals surface area contributed by atoms with Crippen LogP contribution in [0.5, 0.6) is 0 Å². The molecule has 0 saturated carbocycles. The normalized spacial score (nSPS) is 12.7. The lowest BCUT2D eigenvalue weighted by Gasteiger charge is -2.15. The zero-order valence-electron chi connectivity index (χ0n) is 14.5. The van der Waals surface area contributed by atoms with E-state index in [1.54, 1.807) is 25.1 Å². The molecular weight excluding hydrogens is 330 g/mol. The molecule has 1 atom stereocenters. The first kappa shape index (κ1) is 20.1. The van der Waals surface area contributed by atoms with Crippen LogP contribution >= 0.6 is 0 Å².